The molecule has 3 heterocycles. The number of likely N-dealkylation sites (tertiary alicyclic amines) is 1. The average molecular weight is 464 g/mol. The summed E-state index contributed by atoms with van der Waals surface area (Å²) in [6.45, 7) is 6.56. The van der Waals surface area contributed by atoms with Crippen LogP contribution >= 0.6 is 0 Å². The van der Waals surface area contributed by atoms with Gasteiger partial charge in [0, 0.05) is 36.0 Å². The standard InChI is InChI=1S/C26H30FN5O2/c1-4-21-23(17-6-8-22(28)29-14-17)24(31-15-30-21)16-5-7-19(20(27)13-16)25(33)32-11-9-18(10-12-32)26(2,3)34/h5-8,13-15,18,34H,4,9-12H2,1-3H3,(H2,28,29). The highest BCUT2D eigenvalue weighted by molar-refractivity contribution is 5.95. The van der Waals surface area contributed by atoms with Gasteiger partial charge in [0.1, 0.15) is 18.0 Å². The number of nitrogens with zero attached hydrogens (tertiary/aromatic N) is 4. The highest BCUT2D eigenvalue weighted by atomic mass is 19.1. The van der Waals surface area contributed by atoms with Gasteiger partial charge in [0.15, 0.2) is 0 Å². The number of nitrogen functional groups attached to an aromatic ring is 1. The summed E-state index contributed by atoms with van der Waals surface area (Å²) in [6, 6.07) is 8.14. The quantitative estimate of drug-likeness (QED) is 0.590. The van der Waals surface area contributed by atoms with Gasteiger partial charge in [-0.25, -0.2) is 19.3 Å². The van der Waals surface area contributed by atoms with E-state index in [2.05, 4.69) is 15.0 Å². The van der Waals surface area contributed by atoms with Crippen LogP contribution in [-0.4, -0.2) is 49.6 Å². The van der Waals surface area contributed by atoms with Crippen molar-refractivity contribution in [1.82, 2.24) is 19.9 Å². The van der Waals surface area contributed by atoms with E-state index in [1.54, 1.807) is 37.1 Å². The van der Waals surface area contributed by atoms with Crippen LogP contribution in [0.5, 0.6) is 0 Å². The molecule has 34 heavy (non-hydrogen) atoms. The van der Waals surface area contributed by atoms with E-state index in [1.165, 1.54) is 18.5 Å². The highest BCUT2D eigenvalue weighted by Crippen LogP contribution is 2.34. The number of rotatable bonds is 5. The number of hydrogen-bond acceptors (Lipinski definition) is 6. The Balaban J connectivity index is 1.63. The van der Waals surface area contributed by atoms with Crippen molar-refractivity contribution in [2.24, 2.45) is 5.92 Å². The second-order valence-electron chi connectivity index (χ2n) is 9.28. The fourth-order valence-electron chi connectivity index (χ4n) is 4.56. The Hall–Kier alpha value is -3.39. The monoisotopic (exact) mass is 463 g/mol. The molecule has 0 spiro atoms. The Kier molecular flexibility index (Phi) is 6.61. The Morgan fingerprint density at radius 3 is 2.44 bits per heavy atom. The van der Waals surface area contributed by atoms with E-state index in [4.69, 9.17) is 5.73 Å². The Morgan fingerprint density at radius 1 is 1.15 bits per heavy atom. The number of nitrogens with two attached hydrogens (primary N) is 1. The molecular weight excluding hydrogens is 433 g/mol. The molecule has 0 atom stereocenters. The predicted molar refractivity (Wildman–Crippen MR) is 129 cm³/mol. The number of hydrogen-bond donors (Lipinski definition) is 2. The summed E-state index contributed by atoms with van der Waals surface area (Å²) in [5.41, 5.74) is 8.48. The first-order valence-electron chi connectivity index (χ1n) is 11.6. The van der Waals surface area contributed by atoms with Gasteiger partial charge < -0.3 is 15.7 Å². The van der Waals surface area contributed by atoms with Gasteiger partial charge in [0.25, 0.3) is 5.91 Å². The van der Waals surface area contributed by atoms with Crippen LogP contribution in [0.3, 0.4) is 0 Å². The third-order valence-electron chi connectivity index (χ3n) is 6.59. The molecule has 8 heteroatoms. The Labute approximate surface area is 198 Å². The van der Waals surface area contributed by atoms with E-state index in [-0.39, 0.29) is 17.4 Å². The van der Waals surface area contributed by atoms with Crippen LogP contribution in [0.1, 0.15) is 49.7 Å². The van der Waals surface area contributed by atoms with Crippen LogP contribution in [0.4, 0.5) is 10.2 Å². The minimum atomic E-state index is -0.783. The number of pyridine rings is 1. The number of benzene rings is 1. The molecule has 4 rings (SSSR count). The normalized spacial score (nSPS) is 14.9. The van der Waals surface area contributed by atoms with Gasteiger partial charge in [-0.15, -0.1) is 0 Å². The van der Waals surface area contributed by atoms with Crippen LogP contribution in [0.15, 0.2) is 42.9 Å². The minimum Gasteiger partial charge on any atom is -0.390 e. The molecule has 7 nitrogen and oxygen atoms in total. The summed E-state index contributed by atoms with van der Waals surface area (Å²) in [7, 11) is 0. The maximum Gasteiger partial charge on any atom is 0.256 e. The van der Waals surface area contributed by atoms with Crippen molar-refractivity contribution < 1.29 is 14.3 Å². The molecule has 3 aromatic rings. The third kappa shape index (κ3) is 4.77. The van der Waals surface area contributed by atoms with E-state index < -0.39 is 11.4 Å². The van der Waals surface area contributed by atoms with Gasteiger partial charge in [-0.05, 0) is 63.3 Å². The lowest BCUT2D eigenvalue weighted by atomic mass is 9.83. The first-order valence-corrected chi connectivity index (χ1v) is 11.6. The highest BCUT2D eigenvalue weighted by Gasteiger charge is 2.32. The first kappa shape index (κ1) is 23.8. The molecule has 0 bridgehead atoms. The molecule has 1 aliphatic rings. The van der Waals surface area contributed by atoms with E-state index in [0.717, 1.165) is 16.8 Å². The molecule has 0 unspecified atom stereocenters. The molecule has 1 amide bonds. The third-order valence-corrected chi connectivity index (χ3v) is 6.59. The predicted octanol–water partition coefficient (Wildman–Crippen LogP) is 4.11. The van der Waals surface area contributed by atoms with Crippen LogP contribution < -0.4 is 5.73 Å². The zero-order valence-electron chi connectivity index (χ0n) is 19.8. The van der Waals surface area contributed by atoms with Gasteiger partial charge in [-0.1, -0.05) is 13.0 Å². The van der Waals surface area contributed by atoms with Gasteiger partial charge >= 0.3 is 0 Å². The zero-order valence-corrected chi connectivity index (χ0v) is 19.8. The van der Waals surface area contributed by atoms with E-state index in [9.17, 15) is 9.90 Å². The van der Waals surface area contributed by atoms with Crippen LogP contribution in [0.2, 0.25) is 0 Å². The number of aromatic nitrogens is 3. The second-order valence-corrected chi connectivity index (χ2v) is 9.28. The van der Waals surface area contributed by atoms with Gasteiger partial charge in [0.2, 0.25) is 0 Å². The van der Waals surface area contributed by atoms with E-state index in [1.807, 2.05) is 13.0 Å². The average Bonchev–Trinajstić information content (AvgIpc) is 2.83. The second kappa shape index (κ2) is 9.46. The van der Waals surface area contributed by atoms with Crippen LogP contribution in [0, 0.1) is 11.7 Å². The van der Waals surface area contributed by atoms with Crippen molar-refractivity contribution >= 4 is 11.7 Å². The first-order chi connectivity index (χ1) is 16.2. The number of carbonyl (C=O) groups excluding carboxylic acids is 1. The van der Waals surface area contributed by atoms with Gasteiger partial charge in [-0.2, -0.15) is 0 Å². The number of aryl methyl sites for hydroxylation is 1. The van der Waals surface area contributed by atoms with E-state index >= 15 is 4.39 Å². The van der Waals surface area contributed by atoms with Gasteiger partial charge in [0.05, 0.1) is 22.6 Å². The van der Waals surface area contributed by atoms with Crippen molar-refractivity contribution in [3.63, 3.8) is 0 Å². The summed E-state index contributed by atoms with van der Waals surface area (Å²) in [5.74, 6) is -0.403. The fourth-order valence-corrected chi connectivity index (χ4v) is 4.56. The molecule has 1 fully saturated rings. The smallest absolute Gasteiger partial charge is 0.256 e. The lowest BCUT2D eigenvalue weighted by molar-refractivity contribution is -0.0108. The molecule has 1 saturated heterocycles. The Morgan fingerprint density at radius 2 is 1.85 bits per heavy atom. The van der Waals surface area contributed by atoms with Crippen molar-refractivity contribution in [1.29, 1.82) is 0 Å². The summed E-state index contributed by atoms with van der Waals surface area (Å²) in [6.07, 6.45) is 5.16. The van der Waals surface area contributed by atoms with Crippen molar-refractivity contribution in [2.45, 2.75) is 45.6 Å². The SMILES string of the molecule is CCc1ncnc(-c2ccc(C(=O)N3CCC(C(C)(C)O)CC3)c(F)c2)c1-c1ccc(N)nc1. The molecule has 1 aliphatic heterocycles. The number of amides is 1. The summed E-state index contributed by atoms with van der Waals surface area (Å²) >= 11 is 0. The molecule has 178 valence electrons. The fraction of sp³-hybridized carbons (Fsp3) is 0.385. The van der Waals surface area contributed by atoms with Gasteiger partial charge in [-0.3, -0.25) is 4.79 Å². The number of carbonyl (C=O) groups is 1. The molecule has 0 saturated carbocycles. The Bertz CT molecular complexity index is 1180. The van der Waals surface area contributed by atoms with Crippen LogP contribution in [-0.2, 0) is 6.42 Å². The molecule has 3 N–H and O–H groups in total. The van der Waals surface area contributed by atoms with Crippen LogP contribution in [0.25, 0.3) is 22.4 Å². The summed E-state index contributed by atoms with van der Waals surface area (Å²) in [5, 5.41) is 10.2. The summed E-state index contributed by atoms with van der Waals surface area (Å²) in [4.78, 5) is 27.7. The van der Waals surface area contributed by atoms with Crippen molar-refractivity contribution in [3.8, 4) is 22.4 Å². The van der Waals surface area contributed by atoms with E-state index in [0.29, 0.717) is 49.4 Å². The topological polar surface area (TPSA) is 105 Å². The minimum absolute atomic E-state index is 0.0333. The van der Waals surface area contributed by atoms with Crippen molar-refractivity contribution in [2.75, 3.05) is 18.8 Å². The molecule has 0 radical (unpaired) electrons. The molecule has 1 aromatic carbocycles. The number of halogens is 1. The number of piperidine rings is 1. The lowest BCUT2D eigenvalue weighted by Gasteiger charge is -2.37. The summed E-state index contributed by atoms with van der Waals surface area (Å²) < 4.78 is 15.2. The zero-order chi connectivity index (χ0) is 24.5. The maximum absolute atomic E-state index is 15.2. The lowest BCUT2D eigenvalue weighted by Crippen LogP contribution is -2.44. The maximum atomic E-state index is 15.2. The molecular formula is C26H30FN5O2. The molecule has 2 aromatic heterocycles. The molecule has 0 aliphatic carbocycles. The van der Waals surface area contributed by atoms with Crippen molar-refractivity contribution in [3.05, 3.63) is 59.9 Å². The number of anilines is 1. The largest absolute Gasteiger partial charge is 0.390 e. The number of aliphatic hydroxyl groups is 1.